The Hall–Kier alpha value is -1.40. The van der Waals surface area contributed by atoms with Gasteiger partial charge < -0.3 is 10.6 Å². The molecule has 0 saturated carbocycles. The van der Waals surface area contributed by atoms with Gasteiger partial charge in [0.25, 0.3) is 0 Å². The summed E-state index contributed by atoms with van der Waals surface area (Å²) in [6.07, 6.45) is 0. The molecule has 108 valence electrons. The molecule has 0 bridgehead atoms. The highest BCUT2D eigenvalue weighted by atomic mass is 32.2. The molecule has 4 nitrogen and oxygen atoms in total. The Morgan fingerprint density at radius 2 is 2.20 bits per heavy atom. The minimum atomic E-state index is -0.538. The van der Waals surface area contributed by atoms with E-state index in [9.17, 15) is 14.0 Å². The van der Waals surface area contributed by atoms with Crippen molar-refractivity contribution in [2.45, 2.75) is 11.8 Å². The minimum Gasteiger partial charge on any atom is -0.355 e. The van der Waals surface area contributed by atoms with Crippen LogP contribution in [-0.2, 0) is 4.79 Å². The molecule has 1 amide bonds. The SMILES string of the molecule is CC(=O)c1ccc(SCC(=O)NCC2CNC2)cc1F. The van der Waals surface area contributed by atoms with Gasteiger partial charge >= 0.3 is 0 Å². The molecule has 1 aromatic rings. The van der Waals surface area contributed by atoms with Gasteiger partial charge in [-0.1, -0.05) is 0 Å². The molecule has 6 heteroatoms. The number of hydrogen-bond acceptors (Lipinski definition) is 4. The first-order valence-corrected chi connectivity index (χ1v) is 7.45. The fourth-order valence-corrected chi connectivity index (χ4v) is 2.57. The third-order valence-electron chi connectivity index (χ3n) is 3.14. The van der Waals surface area contributed by atoms with Gasteiger partial charge in [0.15, 0.2) is 5.78 Å². The van der Waals surface area contributed by atoms with E-state index in [1.54, 1.807) is 6.07 Å². The Morgan fingerprint density at radius 3 is 2.75 bits per heavy atom. The molecule has 1 saturated heterocycles. The van der Waals surface area contributed by atoms with Crippen LogP contribution in [0.2, 0.25) is 0 Å². The van der Waals surface area contributed by atoms with E-state index in [0.29, 0.717) is 17.4 Å². The lowest BCUT2D eigenvalue weighted by atomic mass is 10.0. The van der Waals surface area contributed by atoms with Gasteiger partial charge in [-0.2, -0.15) is 0 Å². The number of hydrogen-bond donors (Lipinski definition) is 2. The Kier molecular flexibility index (Phi) is 5.14. The summed E-state index contributed by atoms with van der Waals surface area (Å²) in [6, 6.07) is 4.41. The van der Waals surface area contributed by atoms with Gasteiger partial charge in [0.2, 0.25) is 5.91 Å². The lowest BCUT2D eigenvalue weighted by molar-refractivity contribution is -0.118. The van der Waals surface area contributed by atoms with Gasteiger partial charge in [0.05, 0.1) is 11.3 Å². The number of amides is 1. The van der Waals surface area contributed by atoms with E-state index in [1.165, 1.54) is 30.8 Å². The van der Waals surface area contributed by atoms with Crippen molar-refractivity contribution < 1.29 is 14.0 Å². The van der Waals surface area contributed by atoms with Gasteiger partial charge in [-0.25, -0.2) is 4.39 Å². The van der Waals surface area contributed by atoms with Crippen LogP contribution in [0.4, 0.5) is 4.39 Å². The number of Topliss-reactive ketones (excluding diaryl/α,β-unsaturated/α-hetero) is 1. The van der Waals surface area contributed by atoms with E-state index in [0.717, 1.165) is 13.1 Å². The fourth-order valence-electron chi connectivity index (χ4n) is 1.82. The zero-order chi connectivity index (χ0) is 14.5. The van der Waals surface area contributed by atoms with E-state index in [1.807, 2.05) is 0 Å². The monoisotopic (exact) mass is 296 g/mol. The quantitative estimate of drug-likeness (QED) is 0.616. The highest BCUT2D eigenvalue weighted by Gasteiger charge is 2.17. The van der Waals surface area contributed by atoms with Gasteiger partial charge in [0.1, 0.15) is 5.82 Å². The molecule has 0 aliphatic carbocycles. The summed E-state index contributed by atoms with van der Waals surface area (Å²) < 4.78 is 13.6. The van der Waals surface area contributed by atoms with Crippen molar-refractivity contribution in [2.75, 3.05) is 25.4 Å². The van der Waals surface area contributed by atoms with E-state index in [2.05, 4.69) is 10.6 Å². The molecule has 1 aliphatic heterocycles. The summed E-state index contributed by atoms with van der Waals surface area (Å²) in [5, 5.41) is 5.99. The minimum absolute atomic E-state index is 0.0575. The van der Waals surface area contributed by atoms with Crippen LogP contribution in [-0.4, -0.2) is 37.1 Å². The molecule has 0 atom stereocenters. The second-order valence-corrected chi connectivity index (χ2v) is 5.86. The fraction of sp³-hybridized carbons (Fsp3) is 0.429. The molecule has 0 radical (unpaired) electrons. The van der Waals surface area contributed by atoms with Crippen LogP contribution in [0.15, 0.2) is 23.1 Å². The maximum atomic E-state index is 13.6. The number of nitrogens with one attached hydrogen (secondary N) is 2. The van der Waals surface area contributed by atoms with Crippen molar-refractivity contribution in [1.29, 1.82) is 0 Å². The number of benzene rings is 1. The molecule has 1 aromatic carbocycles. The predicted molar refractivity (Wildman–Crippen MR) is 76.5 cm³/mol. The molecule has 20 heavy (non-hydrogen) atoms. The van der Waals surface area contributed by atoms with Crippen LogP contribution in [0.25, 0.3) is 0 Å². The molecule has 2 N–H and O–H groups in total. The third kappa shape index (κ3) is 4.05. The topological polar surface area (TPSA) is 58.2 Å². The zero-order valence-electron chi connectivity index (χ0n) is 11.2. The molecule has 1 aliphatic rings. The summed E-state index contributed by atoms with van der Waals surface area (Å²) in [5.41, 5.74) is 0.0799. The maximum Gasteiger partial charge on any atom is 0.230 e. The molecule has 1 fully saturated rings. The van der Waals surface area contributed by atoms with Crippen LogP contribution in [0.3, 0.4) is 0 Å². The maximum absolute atomic E-state index is 13.6. The zero-order valence-corrected chi connectivity index (χ0v) is 12.1. The summed E-state index contributed by atoms with van der Waals surface area (Å²) >= 11 is 1.26. The van der Waals surface area contributed by atoms with Crippen molar-refractivity contribution in [1.82, 2.24) is 10.6 Å². The normalized spacial score (nSPS) is 14.7. The van der Waals surface area contributed by atoms with Gasteiger partial charge in [-0.15, -0.1) is 11.8 Å². The van der Waals surface area contributed by atoms with Crippen molar-refractivity contribution >= 4 is 23.5 Å². The average molecular weight is 296 g/mol. The molecule has 1 heterocycles. The van der Waals surface area contributed by atoms with Crippen molar-refractivity contribution in [2.24, 2.45) is 5.92 Å². The van der Waals surface area contributed by atoms with Crippen LogP contribution in [0.1, 0.15) is 17.3 Å². The second kappa shape index (κ2) is 6.85. The van der Waals surface area contributed by atoms with E-state index >= 15 is 0 Å². The molecule has 0 unspecified atom stereocenters. The number of carbonyl (C=O) groups is 2. The van der Waals surface area contributed by atoms with Gasteiger partial charge in [0, 0.05) is 30.4 Å². The average Bonchev–Trinajstić information content (AvgIpc) is 2.34. The van der Waals surface area contributed by atoms with Crippen molar-refractivity contribution in [3.05, 3.63) is 29.6 Å². The predicted octanol–water partition coefficient (Wildman–Crippen LogP) is 1.46. The largest absolute Gasteiger partial charge is 0.355 e. The number of rotatable bonds is 6. The van der Waals surface area contributed by atoms with Crippen LogP contribution in [0, 0.1) is 11.7 Å². The molecular formula is C14H17FN2O2S. The second-order valence-electron chi connectivity index (χ2n) is 4.81. The first-order valence-electron chi connectivity index (χ1n) is 6.47. The molecule has 0 aromatic heterocycles. The smallest absolute Gasteiger partial charge is 0.230 e. The standard InChI is InChI=1S/C14H17FN2O2S/c1-9(18)12-3-2-11(4-13(12)15)20-8-14(19)17-7-10-5-16-6-10/h2-4,10,16H,5-8H2,1H3,(H,17,19). The summed E-state index contributed by atoms with van der Waals surface area (Å²) in [7, 11) is 0. The van der Waals surface area contributed by atoms with Crippen LogP contribution in [0.5, 0.6) is 0 Å². The first-order chi connectivity index (χ1) is 9.56. The summed E-state index contributed by atoms with van der Waals surface area (Å²) in [5.74, 6) is -0.123. The van der Waals surface area contributed by atoms with Crippen LogP contribution < -0.4 is 10.6 Å². The Morgan fingerprint density at radius 1 is 1.45 bits per heavy atom. The number of halogens is 1. The van der Waals surface area contributed by atoms with E-state index in [-0.39, 0.29) is 23.0 Å². The lowest BCUT2D eigenvalue weighted by Crippen LogP contribution is -2.48. The highest BCUT2D eigenvalue weighted by Crippen LogP contribution is 2.21. The third-order valence-corrected chi connectivity index (χ3v) is 4.14. The highest BCUT2D eigenvalue weighted by molar-refractivity contribution is 8.00. The Bertz CT molecular complexity index is 518. The first kappa shape index (κ1) is 15.0. The van der Waals surface area contributed by atoms with Crippen LogP contribution >= 0.6 is 11.8 Å². The van der Waals surface area contributed by atoms with Gasteiger partial charge in [-0.3, -0.25) is 9.59 Å². The Balaban J connectivity index is 1.79. The van der Waals surface area contributed by atoms with Crippen molar-refractivity contribution in [3.8, 4) is 0 Å². The lowest BCUT2D eigenvalue weighted by Gasteiger charge is -2.27. The number of ketones is 1. The summed E-state index contributed by atoms with van der Waals surface area (Å²) in [6.45, 7) is 3.91. The van der Waals surface area contributed by atoms with E-state index < -0.39 is 5.82 Å². The molecule has 0 spiro atoms. The van der Waals surface area contributed by atoms with Gasteiger partial charge in [-0.05, 0) is 25.1 Å². The van der Waals surface area contributed by atoms with Crippen molar-refractivity contribution in [3.63, 3.8) is 0 Å². The molecule has 2 rings (SSSR count). The number of carbonyl (C=O) groups excluding carboxylic acids is 2. The number of thioether (sulfide) groups is 1. The molecular weight excluding hydrogens is 279 g/mol. The summed E-state index contributed by atoms with van der Waals surface area (Å²) in [4.78, 5) is 23.4. The van der Waals surface area contributed by atoms with E-state index in [4.69, 9.17) is 0 Å². The Labute approximate surface area is 121 Å².